The minimum absolute atomic E-state index is 0.0357. The maximum Gasteiger partial charge on any atom is 0.254 e. The number of ether oxygens (including phenoxy) is 3. The Labute approximate surface area is 246 Å². The zero-order chi connectivity index (χ0) is 28.1. The smallest absolute Gasteiger partial charge is 0.254 e. The van der Waals surface area contributed by atoms with E-state index in [0.29, 0.717) is 71.1 Å². The zero-order valence-electron chi connectivity index (χ0n) is 21.9. The average Bonchev–Trinajstić information content (AvgIpc) is 2.95. The van der Waals surface area contributed by atoms with Crippen LogP contribution >= 0.6 is 39.1 Å². The molecule has 206 valence electrons. The van der Waals surface area contributed by atoms with E-state index in [1.807, 2.05) is 18.2 Å². The number of nitrogens with zero attached hydrogens (tertiary/aromatic N) is 2. The average molecular weight is 636 g/mol. The van der Waals surface area contributed by atoms with Crippen molar-refractivity contribution in [2.75, 3.05) is 34.4 Å². The van der Waals surface area contributed by atoms with Crippen molar-refractivity contribution in [3.63, 3.8) is 0 Å². The Balaban J connectivity index is 1.39. The van der Waals surface area contributed by atoms with Gasteiger partial charge in [0, 0.05) is 60.3 Å². The van der Waals surface area contributed by atoms with E-state index in [0.717, 1.165) is 10.0 Å². The standard InChI is InChI=1S/C29H29BrCl2N2O5/c1-33(17-19-4-5-21(30)14-27(19)39-22-6-7-25(31)26(32)16-22)28(35)18-8-10-34(11-9-18)29(36)20-12-23(37-2)15-24(13-20)38-3/h4-7,12-16,18H,8-11,17H2,1-3H3. The molecule has 0 aromatic heterocycles. The van der Waals surface area contributed by atoms with Crippen molar-refractivity contribution in [1.29, 1.82) is 0 Å². The minimum atomic E-state index is -0.172. The van der Waals surface area contributed by atoms with Gasteiger partial charge in [0.05, 0.1) is 24.3 Å². The number of amides is 2. The Kier molecular flexibility index (Phi) is 9.64. The van der Waals surface area contributed by atoms with E-state index in [9.17, 15) is 9.59 Å². The summed E-state index contributed by atoms with van der Waals surface area (Å²) < 4.78 is 17.5. The van der Waals surface area contributed by atoms with Crippen LogP contribution in [0.4, 0.5) is 0 Å². The zero-order valence-corrected chi connectivity index (χ0v) is 25.0. The number of rotatable bonds is 8. The summed E-state index contributed by atoms with van der Waals surface area (Å²) in [4.78, 5) is 30.0. The molecule has 1 aliphatic heterocycles. The van der Waals surface area contributed by atoms with Gasteiger partial charge in [0.15, 0.2) is 0 Å². The number of piperidine rings is 1. The Hall–Kier alpha value is -2.94. The lowest BCUT2D eigenvalue weighted by Crippen LogP contribution is -2.43. The molecule has 39 heavy (non-hydrogen) atoms. The monoisotopic (exact) mass is 634 g/mol. The summed E-state index contributed by atoms with van der Waals surface area (Å²) in [5, 5.41) is 0.841. The van der Waals surface area contributed by atoms with Crippen LogP contribution in [0.2, 0.25) is 10.0 Å². The first-order valence-electron chi connectivity index (χ1n) is 12.4. The van der Waals surface area contributed by atoms with Gasteiger partial charge in [0.1, 0.15) is 23.0 Å². The Morgan fingerprint density at radius 1 is 0.923 bits per heavy atom. The molecule has 1 fully saturated rings. The number of likely N-dealkylation sites (tertiary alicyclic amines) is 1. The van der Waals surface area contributed by atoms with Crippen molar-refractivity contribution in [2.45, 2.75) is 19.4 Å². The van der Waals surface area contributed by atoms with Crippen LogP contribution in [0.3, 0.4) is 0 Å². The largest absolute Gasteiger partial charge is 0.497 e. The van der Waals surface area contributed by atoms with Crippen LogP contribution in [0.1, 0.15) is 28.8 Å². The van der Waals surface area contributed by atoms with Crippen LogP contribution in [0, 0.1) is 5.92 Å². The molecular weight excluding hydrogens is 607 g/mol. The van der Waals surface area contributed by atoms with Gasteiger partial charge in [-0.1, -0.05) is 45.2 Å². The SMILES string of the molecule is COc1cc(OC)cc(C(=O)N2CCC(C(=O)N(C)Cc3ccc(Br)cc3Oc3ccc(Cl)c(Cl)c3)CC2)c1. The lowest BCUT2D eigenvalue weighted by Gasteiger charge is -2.33. The molecule has 0 unspecified atom stereocenters. The van der Waals surface area contributed by atoms with Crippen molar-refractivity contribution >= 4 is 50.9 Å². The molecule has 1 heterocycles. The highest BCUT2D eigenvalue weighted by molar-refractivity contribution is 9.10. The van der Waals surface area contributed by atoms with Gasteiger partial charge < -0.3 is 24.0 Å². The molecule has 7 nitrogen and oxygen atoms in total. The summed E-state index contributed by atoms with van der Waals surface area (Å²) in [6.07, 6.45) is 1.17. The molecule has 0 radical (unpaired) electrons. The number of carbonyl (C=O) groups is 2. The third kappa shape index (κ3) is 7.18. The van der Waals surface area contributed by atoms with Crippen LogP contribution in [0.15, 0.2) is 59.1 Å². The molecule has 0 spiro atoms. The van der Waals surface area contributed by atoms with E-state index in [2.05, 4.69) is 15.9 Å². The number of benzene rings is 3. The highest BCUT2D eigenvalue weighted by Crippen LogP contribution is 2.33. The van der Waals surface area contributed by atoms with Crippen molar-refractivity contribution < 1.29 is 23.8 Å². The molecule has 1 aliphatic rings. The minimum Gasteiger partial charge on any atom is -0.497 e. The summed E-state index contributed by atoms with van der Waals surface area (Å²) >= 11 is 15.7. The molecule has 0 atom stereocenters. The topological polar surface area (TPSA) is 68.3 Å². The van der Waals surface area contributed by atoms with Gasteiger partial charge in [0.25, 0.3) is 5.91 Å². The summed E-state index contributed by atoms with van der Waals surface area (Å²) in [6, 6.07) is 15.9. The first kappa shape index (κ1) is 29.1. The third-order valence-corrected chi connectivity index (χ3v) is 7.89. The first-order chi connectivity index (χ1) is 18.7. The molecule has 1 saturated heterocycles. The fourth-order valence-corrected chi connectivity index (χ4v) is 5.14. The maximum atomic E-state index is 13.3. The van der Waals surface area contributed by atoms with E-state index >= 15 is 0 Å². The van der Waals surface area contributed by atoms with Crippen LogP contribution < -0.4 is 14.2 Å². The lowest BCUT2D eigenvalue weighted by atomic mass is 9.94. The number of hydrogen-bond acceptors (Lipinski definition) is 5. The van der Waals surface area contributed by atoms with Crippen molar-refractivity contribution in [3.8, 4) is 23.0 Å². The molecule has 0 saturated carbocycles. The lowest BCUT2D eigenvalue weighted by molar-refractivity contribution is -0.136. The van der Waals surface area contributed by atoms with Crippen LogP contribution in [-0.4, -0.2) is 56.0 Å². The fourth-order valence-electron chi connectivity index (χ4n) is 4.51. The molecule has 3 aromatic rings. The highest BCUT2D eigenvalue weighted by atomic mass is 79.9. The summed E-state index contributed by atoms with van der Waals surface area (Å²) in [7, 11) is 4.88. The molecular formula is C29H29BrCl2N2O5. The Morgan fingerprint density at radius 3 is 2.21 bits per heavy atom. The van der Waals surface area contributed by atoms with Gasteiger partial charge in [0.2, 0.25) is 5.91 Å². The predicted octanol–water partition coefficient (Wildman–Crippen LogP) is 7.08. The molecule has 2 amide bonds. The van der Waals surface area contributed by atoms with Gasteiger partial charge in [-0.2, -0.15) is 0 Å². The molecule has 4 rings (SSSR count). The van der Waals surface area contributed by atoms with Crippen molar-refractivity contribution in [1.82, 2.24) is 9.80 Å². The first-order valence-corrected chi connectivity index (χ1v) is 13.9. The van der Waals surface area contributed by atoms with E-state index in [1.165, 1.54) is 0 Å². The second kappa shape index (κ2) is 12.9. The Morgan fingerprint density at radius 2 is 1.59 bits per heavy atom. The second-order valence-corrected chi connectivity index (χ2v) is 11.0. The number of halogens is 3. The molecule has 0 N–H and O–H groups in total. The van der Waals surface area contributed by atoms with Gasteiger partial charge in [-0.3, -0.25) is 9.59 Å². The normalized spacial score (nSPS) is 13.6. The molecule has 0 aliphatic carbocycles. The van der Waals surface area contributed by atoms with Crippen molar-refractivity contribution in [2.24, 2.45) is 5.92 Å². The predicted molar refractivity (Wildman–Crippen MR) is 155 cm³/mol. The molecule has 3 aromatic carbocycles. The van der Waals surface area contributed by atoms with E-state index in [4.69, 9.17) is 37.4 Å². The quantitative estimate of drug-likeness (QED) is 0.265. The van der Waals surface area contributed by atoms with E-state index < -0.39 is 0 Å². The summed E-state index contributed by atoms with van der Waals surface area (Å²) in [6.45, 7) is 1.35. The van der Waals surface area contributed by atoms with Crippen LogP contribution in [0.25, 0.3) is 0 Å². The van der Waals surface area contributed by atoms with E-state index in [-0.39, 0.29) is 17.7 Å². The van der Waals surface area contributed by atoms with Gasteiger partial charge in [-0.05, 0) is 49.2 Å². The maximum absolute atomic E-state index is 13.3. The van der Waals surface area contributed by atoms with Gasteiger partial charge in [-0.15, -0.1) is 0 Å². The number of methoxy groups -OCH3 is 2. The Bertz CT molecular complexity index is 1340. The highest BCUT2D eigenvalue weighted by Gasteiger charge is 2.30. The summed E-state index contributed by atoms with van der Waals surface area (Å²) in [5.41, 5.74) is 1.34. The third-order valence-electron chi connectivity index (χ3n) is 6.66. The van der Waals surface area contributed by atoms with Gasteiger partial charge in [-0.25, -0.2) is 0 Å². The van der Waals surface area contributed by atoms with Crippen LogP contribution in [0.5, 0.6) is 23.0 Å². The molecule has 10 heteroatoms. The van der Waals surface area contributed by atoms with Gasteiger partial charge >= 0.3 is 0 Å². The van der Waals surface area contributed by atoms with Crippen molar-refractivity contribution in [3.05, 3.63) is 80.2 Å². The van der Waals surface area contributed by atoms with E-state index in [1.54, 1.807) is 67.5 Å². The second-order valence-electron chi connectivity index (χ2n) is 9.29. The fraction of sp³-hybridized carbons (Fsp3) is 0.310. The summed E-state index contributed by atoms with van der Waals surface area (Å²) in [5.74, 6) is 2.02. The number of hydrogen-bond donors (Lipinski definition) is 0. The molecule has 0 bridgehead atoms. The van der Waals surface area contributed by atoms with Crippen LogP contribution in [-0.2, 0) is 11.3 Å². The number of carbonyl (C=O) groups excluding carboxylic acids is 2.